The lowest BCUT2D eigenvalue weighted by molar-refractivity contribution is -0.384. The number of carbonyl (C=O) groups excluding carboxylic acids is 1. The second kappa shape index (κ2) is 4.37. The summed E-state index contributed by atoms with van der Waals surface area (Å²) in [5, 5.41) is 10.4. The van der Waals surface area contributed by atoms with Crippen LogP contribution in [0.4, 0.5) is 5.69 Å². The molecule has 5 nitrogen and oxygen atoms in total. The second-order valence-corrected chi connectivity index (χ2v) is 5.35. The molecule has 90 valence electrons. The van der Waals surface area contributed by atoms with Crippen molar-refractivity contribution in [3.8, 4) is 0 Å². The van der Waals surface area contributed by atoms with E-state index < -0.39 is 4.92 Å². The smallest absolute Gasteiger partial charge is 0.269 e. The van der Waals surface area contributed by atoms with Crippen LogP contribution in [0.3, 0.4) is 0 Å². The van der Waals surface area contributed by atoms with Crippen LogP contribution in [0.2, 0.25) is 0 Å². The van der Waals surface area contributed by atoms with Crippen LogP contribution in [0.15, 0.2) is 24.3 Å². The molecule has 1 saturated heterocycles. The molecule has 1 aromatic carbocycles. The number of nitro groups is 1. The summed E-state index contributed by atoms with van der Waals surface area (Å²) in [5.41, 5.74) is 0.986. The van der Waals surface area contributed by atoms with E-state index in [9.17, 15) is 14.9 Å². The van der Waals surface area contributed by atoms with Gasteiger partial charge in [0, 0.05) is 19.2 Å². The normalized spacial score (nSPS) is 24.1. The lowest BCUT2D eigenvalue weighted by atomic mass is 10.2. The van der Waals surface area contributed by atoms with Gasteiger partial charge in [0.1, 0.15) is 5.37 Å². The van der Waals surface area contributed by atoms with Gasteiger partial charge in [-0.25, -0.2) is 0 Å². The highest BCUT2D eigenvalue weighted by Crippen LogP contribution is 2.41. The van der Waals surface area contributed by atoms with Crippen molar-refractivity contribution in [2.45, 2.75) is 17.5 Å². The van der Waals surface area contributed by atoms with Crippen LogP contribution in [-0.4, -0.2) is 28.0 Å². The summed E-state index contributed by atoms with van der Waals surface area (Å²) in [7, 11) is 1.75. The molecule has 0 N–H and O–H groups in total. The summed E-state index contributed by atoms with van der Waals surface area (Å²) in [6, 6.07) is 6.35. The number of amides is 1. The van der Waals surface area contributed by atoms with Gasteiger partial charge in [-0.3, -0.25) is 14.9 Å². The number of non-ortho nitro benzene ring substituents is 1. The van der Waals surface area contributed by atoms with Crippen molar-refractivity contribution in [3.63, 3.8) is 0 Å². The summed E-state index contributed by atoms with van der Waals surface area (Å²) in [6.45, 7) is 1.87. The molecular weight excluding hydrogens is 240 g/mol. The van der Waals surface area contributed by atoms with E-state index in [0.29, 0.717) is 0 Å². The van der Waals surface area contributed by atoms with Gasteiger partial charge >= 0.3 is 0 Å². The number of thioether (sulfide) groups is 1. The van der Waals surface area contributed by atoms with E-state index in [-0.39, 0.29) is 22.2 Å². The molecule has 2 rings (SSSR count). The summed E-state index contributed by atoms with van der Waals surface area (Å²) in [6.07, 6.45) is 0. The highest BCUT2D eigenvalue weighted by Gasteiger charge is 2.35. The van der Waals surface area contributed by atoms with Crippen LogP contribution >= 0.6 is 11.8 Å². The van der Waals surface area contributed by atoms with E-state index in [1.165, 1.54) is 12.1 Å². The maximum atomic E-state index is 11.7. The van der Waals surface area contributed by atoms with Gasteiger partial charge in [-0.15, -0.1) is 11.8 Å². The monoisotopic (exact) mass is 252 g/mol. The lowest BCUT2D eigenvalue weighted by Crippen LogP contribution is -2.25. The van der Waals surface area contributed by atoms with Crippen LogP contribution in [0.1, 0.15) is 17.9 Å². The Kier molecular flexibility index (Phi) is 3.06. The molecule has 1 aliphatic heterocycles. The van der Waals surface area contributed by atoms with E-state index >= 15 is 0 Å². The molecule has 1 fully saturated rings. The molecule has 2 atom stereocenters. The summed E-state index contributed by atoms with van der Waals surface area (Å²) in [5.74, 6) is 0.0957. The van der Waals surface area contributed by atoms with Gasteiger partial charge in [0.25, 0.3) is 5.69 Å². The Bertz CT molecular complexity index is 460. The first-order chi connectivity index (χ1) is 8.00. The van der Waals surface area contributed by atoms with Crippen molar-refractivity contribution in [2.75, 3.05) is 7.05 Å². The first-order valence-corrected chi connectivity index (χ1v) is 6.11. The van der Waals surface area contributed by atoms with Crippen LogP contribution in [0, 0.1) is 10.1 Å². The van der Waals surface area contributed by atoms with Crippen LogP contribution in [0.25, 0.3) is 0 Å². The molecule has 0 spiro atoms. The number of nitrogens with zero attached hydrogens (tertiary/aromatic N) is 2. The first-order valence-electron chi connectivity index (χ1n) is 5.17. The topological polar surface area (TPSA) is 63.5 Å². The molecule has 0 bridgehead atoms. The minimum absolute atomic E-state index is 0.0432. The summed E-state index contributed by atoms with van der Waals surface area (Å²) < 4.78 is 0. The van der Waals surface area contributed by atoms with E-state index in [1.54, 1.807) is 35.8 Å². The molecule has 17 heavy (non-hydrogen) atoms. The number of carbonyl (C=O) groups is 1. The molecule has 0 saturated carbocycles. The molecule has 6 heteroatoms. The molecule has 0 unspecified atom stereocenters. The number of hydrogen-bond donors (Lipinski definition) is 0. The third-order valence-electron chi connectivity index (χ3n) is 2.77. The Morgan fingerprint density at radius 1 is 1.35 bits per heavy atom. The average molecular weight is 252 g/mol. The summed E-state index contributed by atoms with van der Waals surface area (Å²) in [4.78, 5) is 23.4. The number of nitro benzene ring substituents is 1. The fraction of sp³-hybridized carbons (Fsp3) is 0.364. The predicted octanol–water partition coefficient (Wildman–Crippen LogP) is 2.19. The minimum atomic E-state index is -0.428. The van der Waals surface area contributed by atoms with E-state index in [2.05, 4.69) is 0 Å². The Labute approximate surface area is 103 Å². The van der Waals surface area contributed by atoms with Gasteiger partial charge in [-0.2, -0.15) is 0 Å². The van der Waals surface area contributed by atoms with E-state index in [1.807, 2.05) is 6.92 Å². The van der Waals surface area contributed by atoms with Gasteiger partial charge in [-0.05, 0) is 24.6 Å². The largest absolute Gasteiger partial charge is 0.329 e. The van der Waals surface area contributed by atoms with Crippen molar-refractivity contribution in [2.24, 2.45) is 0 Å². The molecule has 0 radical (unpaired) electrons. The van der Waals surface area contributed by atoms with E-state index in [4.69, 9.17) is 0 Å². The molecule has 1 aromatic rings. The third kappa shape index (κ3) is 2.12. The van der Waals surface area contributed by atoms with Crippen molar-refractivity contribution < 1.29 is 9.72 Å². The fourth-order valence-corrected chi connectivity index (χ4v) is 3.08. The van der Waals surface area contributed by atoms with Gasteiger partial charge in [-0.1, -0.05) is 0 Å². The van der Waals surface area contributed by atoms with Gasteiger partial charge < -0.3 is 4.90 Å². The Hall–Kier alpha value is -1.56. The van der Waals surface area contributed by atoms with E-state index in [0.717, 1.165) is 5.56 Å². The van der Waals surface area contributed by atoms with Crippen LogP contribution in [-0.2, 0) is 4.79 Å². The zero-order valence-corrected chi connectivity index (χ0v) is 10.3. The second-order valence-electron chi connectivity index (χ2n) is 3.93. The SMILES string of the molecule is C[C@H]1S[C@H](c2ccc([N+](=O)[O-])cc2)N(C)C1=O. The Morgan fingerprint density at radius 3 is 2.35 bits per heavy atom. The molecule has 1 amide bonds. The zero-order valence-electron chi connectivity index (χ0n) is 9.49. The van der Waals surface area contributed by atoms with Crippen LogP contribution in [0.5, 0.6) is 0 Å². The fourth-order valence-electron chi connectivity index (χ4n) is 1.81. The number of rotatable bonds is 2. The number of benzene rings is 1. The lowest BCUT2D eigenvalue weighted by Gasteiger charge is -2.18. The predicted molar refractivity (Wildman–Crippen MR) is 65.7 cm³/mol. The standard InChI is InChI=1S/C11H12N2O3S/c1-7-10(14)12(2)11(17-7)8-3-5-9(6-4-8)13(15)16/h3-7,11H,1-2H3/t7-,11-/m1/s1. The van der Waals surface area contributed by atoms with Crippen molar-refractivity contribution >= 4 is 23.4 Å². The van der Waals surface area contributed by atoms with Gasteiger partial charge in [0.05, 0.1) is 10.2 Å². The number of hydrogen-bond acceptors (Lipinski definition) is 4. The molecule has 0 aliphatic carbocycles. The van der Waals surface area contributed by atoms with Crippen molar-refractivity contribution in [1.82, 2.24) is 4.90 Å². The molecule has 1 heterocycles. The van der Waals surface area contributed by atoms with Crippen molar-refractivity contribution in [3.05, 3.63) is 39.9 Å². The highest BCUT2D eigenvalue weighted by atomic mass is 32.2. The minimum Gasteiger partial charge on any atom is -0.329 e. The first kappa shape index (κ1) is 11.9. The Balaban J connectivity index is 2.24. The quantitative estimate of drug-likeness (QED) is 0.598. The van der Waals surface area contributed by atoms with Gasteiger partial charge in [0.15, 0.2) is 0 Å². The average Bonchev–Trinajstić information content (AvgIpc) is 2.57. The Morgan fingerprint density at radius 2 is 1.94 bits per heavy atom. The molecule has 1 aliphatic rings. The highest BCUT2D eigenvalue weighted by molar-refractivity contribution is 8.01. The third-order valence-corrected chi connectivity index (χ3v) is 4.23. The maximum Gasteiger partial charge on any atom is 0.269 e. The molecular formula is C11H12N2O3S. The van der Waals surface area contributed by atoms with Crippen LogP contribution < -0.4 is 0 Å². The molecule has 0 aromatic heterocycles. The zero-order chi connectivity index (χ0) is 12.6. The van der Waals surface area contributed by atoms with Gasteiger partial charge in [0.2, 0.25) is 5.91 Å². The maximum absolute atomic E-state index is 11.7. The summed E-state index contributed by atoms with van der Waals surface area (Å²) >= 11 is 1.56. The van der Waals surface area contributed by atoms with Crippen molar-refractivity contribution in [1.29, 1.82) is 0 Å².